The summed E-state index contributed by atoms with van der Waals surface area (Å²) in [6, 6.07) is 6.28. The Hall–Kier alpha value is -0.820. The minimum Gasteiger partial charge on any atom is -0.385 e. The maximum atomic E-state index is 10.5. The van der Waals surface area contributed by atoms with Gasteiger partial charge in [0.25, 0.3) is 0 Å². The van der Waals surface area contributed by atoms with E-state index in [0.29, 0.717) is 0 Å². The number of aryl methyl sites for hydroxylation is 1. The van der Waals surface area contributed by atoms with Gasteiger partial charge >= 0.3 is 0 Å². The Labute approximate surface area is 99.5 Å². The molecule has 1 aromatic rings. The van der Waals surface area contributed by atoms with Crippen LogP contribution in [0.3, 0.4) is 0 Å². The summed E-state index contributed by atoms with van der Waals surface area (Å²) in [6.07, 6.45) is 2.24. The molecule has 90 valence electrons. The van der Waals surface area contributed by atoms with Crippen LogP contribution < -0.4 is 0 Å². The molecule has 0 heterocycles. The highest BCUT2D eigenvalue weighted by molar-refractivity contribution is 5.38. The third-order valence-electron chi connectivity index (χ3n) is 3.63. The third-order valence-corrected chi connectivity index (χ3v) is 3.63. The monoisotopic (exact) mass is 220 g/mol. The van der Waals surface area contributed by atoms with Crippen molar-refractivity contribution in [1.29, 1.82) is 0 Å². The van der Waals surface area contributed by atoms with Gasteiger partial charge in [-0.2, -0.15) is 0 Å². The van der Waals surface area contributed by atoms with Gasteiger partial charge in [0, 0.05) is 0 Å². The van der Waals surface area contributed by atoms with E-state index in [1.807, 2.05) is 6.92 Å². The molecule has 1 nitrogen and oxygen atoms in total. The number of benzene rings is 1. The molecule has 0 spiro atoms. The van der Waals surface area contributed by atoms with E-state index < -0.39 is 5.60 Å². The molecular formula is C15H24O. The molecule has 0 amide bonds. The Morgan fingerprint density at radius 1 is 1.31 bits per heavy atom. The quantitative estimate of drug-likeness (QED) is 0.818. The number of rotatable bonds is 4. The van der Waals surface area contributed by atoms with E-state index in [-0.39, 0.29) is 5.92 Å². The number of hydrogen-bond acceptors (Lipinski definition) is 1. The van der Waals surface area contributed by atoms with E-state index in [2.05, 4.69) is 45.9 Å². The van der Waals surface area contributed by atoms with Crippen LogP contribution in [0.15, 0.2) is 18.2 Å². The normalized spacial score (nSPS) is 15.2. The first-order valence-corrected chi connectivity index (χ1v) is 6.22. The Morgan fingerprint density at radius 3 is 2.44 bits per heavy atom. The highest BCUT2D eigenvalue weighted by Crippen LogP contribution is 2.32. The van der Waals surface area contributed by atoms with Crippen LogP contribution >= 0.6 is 0 Å². The summed E-state index contributed by atoms with van der Waals surface area (Å²) in [7, 11) is 0. The van der Waals surface area contributed by atoms with Crippen LogP contribution in [-0.4, -0.2) is 5.11 Å². The van der Waals surface area contributed by atoms with E-state index in [9.17, 15) is 5.11 Å². The summed E-state index contributed by atoms with van der Waals surface area (Å²) in [4.78, 5) is 0. The Kier molecular flexibility index (Phi) is 4.15. The van der Waals surface area contributed by atoms with Crippen LogP contribution in [0.5, 0.6) is 0 Å². The summed E-state index contributed by atoms with van der Waals surface area (Å²) in [5.41, 5.74) is 2.96. The van der Waals surface area contributed by atoms with Gasteiger partial charge in [-0.3, -0.25) is 0 Å². The molecule has 0 fully saturated rings. The van der Waals surface area contributed by atoms with Crippen molar-refractivity contribution in [2.75, 3.05) is 0 Å². The first-order chi connectivity index (χ1) is 7.41. The SMILES string of the molecule is CCCc1cccc(C(C)(O)C(C)C)c1C. The molecule has 1 unspecified atom stereocenters. The van der Waals surface area contributed by atoms with E-state index >= 15 is 0 Å². The predicted octanol–water partition coefficient (Wildman–Crippen LogP) is 3.81. The molecule has 0 radical (unpaired) electrons. The van der Waals surface area contributed by atoms with Crippen molar-refractivity contribution < 1.29 is 5.11 Å². The Morgan fingerprint density at radius 2 is 1.94 bits per heavy atom. The first-order valence-electron chi connectivity index (χ1n) is 6.22. The van der Waals surface area contributed by atoms with Gasteiger partial charge in [-0.1, -0.05) is 45.4 Å². The molecule has 1 rings (SSSR count). The van der Waals surface area contributed by atoms with Crippen LogP contribution in [0, 0.1) is 12.8 Å². The second-order valence-electron chi connectivity index (χ2n) is 5.14. The van der Waals surface area contributed by atoms with E-state index in [4.69, 9.17) is 0 Å². The maximum absolute atomic E-state index is 10.5. The molecule has 1 atom stereocenters. The zero-order chi connectivity index (χ0) is 12.3. The predicted molar refractivity (Wildman–Crippen MR) is 69.6 cm³/mol. The average Bonchev–Trinajstić information content (AvgIpc) is 2.21. The second-order valence-corrected chi connectivity index (χ2v) is 5.14. The first kappa shape index (κ1) is 13.2. The molecule has 1 N–H and O–H groups in total. The van der Waals surface area contributed by atoms with Crippen LogP contribution in [0.25, 0.3) is 0 Å². The smallest absolute Gasteiger partial charge is 0.0893 e. The van der Waals surface area contributed by atoms with Crippen molar-refractivity contribution in [3.63, 3.8) is 0 Å². The summed E-state index contributed by atoms with van der Waals surface area (Å²) < 4.78 is 0. The molecule has 0 saturated heterocycles. The van der Waals surface area contributed by atoms with Gasteiger partial charge < -0.3 is 5.11 Å². The molecule has 16 heavy (non-hydrogen) atoms. The Bertz CT molecular complexity index is 350. The van der Waals surface area contributed by atoms with Crippen LogP contribution in [-0.2, 0) is 12.0 Å². The topological polar surface area (TPSA) is 20.2 Å². The highest BCUT2D eigenvalue weighted by atomic mass is 16.3. The lowest BCUT2D eigenvalue weighted by Gasteiger charge is -2.30. The molecule has 0 bridgehead atoms. The van der Waals surface area contributed by atoms with Gasteiger partial charge in [0.1, 0.15) is 0 Å². The van der Waals surface area contributed by atoms with Gasteiger partial charge in [-0.15, -0.1) is 0 Å². The van der Waals surface area contributed by atoms with E-state index in [1.54, 1.807) is 0 Å². The standard InChI is InChI=1S/C15H24O/c1-6-8-13-9-7-10-14(12(13)4)15(5,16)11(2)3/h7,9-11,16H,6,8H2,1-5H3. The molecule has 0 saturated carbocycles. The number of hydrogen-bond donors (Lipinski definition) is 1. The fourth-order valence-corrected chi connectivity index (χ4v) is 2.08. The van der Waals surface area contributed by atoms with Gasteiger partial charge in [0.15, 0.2) is 0 Å². The van der Waals surface area contributed by atoms with E-state index in [0.717, 1.165) is 18.4 Å². The van der Waals surface area contributed by atoms with Crippen molar-refractivity contribution in [1.82, 2.24) is 0 Å². The fraction of sp³-hybridized carbons (Fsp3) is 0.600. The number of aliphatic hydroxyl groups is 1. The van der Waals surface area contributed by atoms with Crippen LogP contribution in [0.1, 0.15) is 50.8 Å². The molecule has 0 aromatic heterocycles. The summed E-state index contributed by atoms with van der Waals surface area (Å²) >= 11 is 0. The molecule has 1 aromatic carbocycles. The zero-order valence-electron chi connectivity index (χ0n) is 11.2. The second kappa shape index (κ2) is 5.01. The fourth-order valence-electron chi connectivity index (χ4n) is 2.08. The average molecular weight is 220 g/mol. The van der Waals surface area contributed by atoms with Crippen molar-refractivity contribution in [2.24, 2.45) is 5.92 Å². The van der Waals surface area contributed by atoms with Crippen molar-refractivity contribution in [2.45, 2.75) is 53.1 Å². The Balaban J connectivity index is 3.20. The van der Waals surface area contributed by atoms with Crippen molar-refractivity contribution >= 4 is 0 Å². The lowest BCUT2D eigenvalue weighted by atomic mass is 9.81. The lowest BCUT2D eigenvalue weighted by molar-refractivity contribution is 0.00839. The van der Waals surface area contributed by atoms with Gasteiger partial charge in [-0.05, 0) is 42.9 Å². The zero-order valence-corrected chi connectivity index (χ0v) is 11.2. The van der Waals surface area contributed by atoms with Gasteiger partial charge in [0.05, 0.1) is 5.60 Å². The molecule has 0 aliphatic carbocycles. The van der Waals surface area contributed by atoms with Crippen molar-refractivity contribution in [3.8, 4) is 0 Å². The lowest BCUT2D eigenvalue weighted by Crippen LogP contribution is -2.29. The summed E-state index contributed by atoms with van der Waals surface area (Å²) in [5, 5.41) is 10.5. The molecule has 1 heteroatoms. The summed E-state index contributed by atoms with van der Waals surface area (Å²) in [6.45, 7) is 10.3. The van der Waals surface area contributed by atoms with E-state index in [1.165, 1.54) is 11.1 Å². The highest BCUT2D eigenvalue weighted by Gasteiger charge is 2.29. The molecular weight excluding hydrogens is 196 g/mol. The van der Waals surface area contributed by atoms with Crippen LogP contribution in [0.2, 0.25) is 0 Å². The van der Waals surface area contributed by atoms with Crippen molar-refractivity contribution in [3.05, 3.63) is 34.9 Å². The minimum absolute atomic E-state index is 0.225. The van der Waals surface area contributed by atoms with Crippen LogP contribution in [0.4, 0.5) is 0 Å². The molecule has 0 aliphatic heterocycles. The summed E-state index contributed by atoms with van der Waals surface area (Å²) in [5.74, 6) is 0.225. The molecule has 0 aliphatic rings. The minimum atomic E-state index is -0.728. The van der Waals surface area contributed by atoms with Gasteiger partial charge in [0.2, 0.25) is 0 Å². The third kappa shape index (κ3) is 2.46. The largest absolute Gasteiger partial charge is 0.385 e. The van der Waals surface area contributed by atoms with Gasteiger partial charge in [-0.25, -0.2) is 0 Å². The maximum Gasteiger partial charge on any atom is 0.0893 e.